The first-order valence-corrected chi connectivity index (χ1v) is 7.35. The van der Waals surface area contributed by atoms with Gasteiger partial charge in [0.1, 0.15) is 0 Å². The SMILES string of the molecule is Cc1ccc(C2CC(c3ccc(C)cc3)NC(N)=N2)cc1. The average molecular weight is 279 g/mol. The zero-order valence-corrected chi connectivity index (χ0v) is 12.5. The third-order valence-corrected chi connectivity index (χ3v) is 4.02. The Hall–Kier alpha value is -2.29. The summed E-state index contributed by atoms with van der Waals surface area (Å²) in [5.41, 5.74) is 11.0. The molecule has 0 aliphatic carbocycles. The lowest BCUT2D eigenvalue weighted by atomic mass is 9.93. The van der Waals surface area contributed by atoms with Crippen molar-refractivity contribution in [3.05, 3.63) is 70.8 Å². The maximum atomic E-state index is 5.99. The number of guanidine groups is 1. The number of nitrogens with two attached hydrogens (primary N) is 1. The number of rotatable bonds is 2. The third-order valence-electron chi connectivity index (χ3n) is 4.02. The molecular weight excluding hydrogens is 258 g/mol. The first-order chi connectivity index (χ1) is 10.1. The summed E-state index contributed by atoms with van der Waals surface area (Å²) in [5, 5.41) is 3.29. The van der Waals surface area contributed by atoms with Gasteiger partial charge in [-0.2, -0.15) is 0 Å². The zero-order chi connectivity index (χ0) is 14.8. The molecule has 2 atom stereocenters. The minimum Gasteiger partial charge on any atom is -0.370 e. The van der Waals surface area contributed by atoms with Crippen LogP contribution in [0.4, 0.5) is 0 Å². The molecule has 1 aliphatic rings. The maximum absolute atomic E-state index is 5.99. The van der Waals surface area contributed by atoms with Gasteiger partial charge in [0.2, 0.25) is 0 Å². The van der Waals surface area contributed by atoms with E-state index in [1.165, 1.54) is 22.3 Å². The van der Waals surface area contributed by atoms with Crippen LogP contribution in [0.3, 0.4) is 0 Å². The Bertz CT molecular complexity index is 641. The molecule has 2 aromatic rings. The number of aryl methyl sites for hydroxylation is 2. The van der Waals surface area contributed by atoms with E-state index in [0.717, 1.165) is 6.42 Å². The van der Waals surface area contributed by atoms with Crippen molar-refractivity contribution in [2.24, 2.45) is 10.7 Å². The van der Waals surface area contributed by atoms with E-state index in [2.05, 4.69) is 72.7 Å². The van der Waals surface area contributed by atoms with E-state index in [9.17, 15) is 0 Å². The summed E-state index contributed by atoms with van der Waals surface area (Å²) in [7, 11) is 0. The molecule has 3 rings (SSSR count). The highest BCUT2D eigenvalue weighted by Crippen LogP contribution is 2.32. The molecule has 0 spiro atoms. The lowest BCUT2D eigenvalue weighted by molar-refractivity contribution is 0.487. The van der Waals surface area contributed by atoms with Gasteiger partial charge in [-0.15, -0.1) is 0 Å². The summed E-state index contributed by atoms with van der Waals surface area (Å²) in [4.78, 5) is 4.56. The van der Waals surface area contributed by atoms with Crippen molar-refractivity contribution in [1.29, 1.82) is 0 Å². The molecule has 0 saturated carbocycles. The Labute approximate surface area is 125 Å². The fraction of sp³-hybridized carbons (Fsp3) is 0.278. The standard InChI is InChI=1S/C18H21N3/c1-12-3-7-14(8-4-12)16-11-17(21-18(19)20-16)15-9-5-13(2)6-10-15/h3-10,16-17H,11H2,1-2H3,(H3,19,20,21). The van der Waals surface area contributed by atoms with Crippen molar-refractivity contribution in [2.75, 3.05) is 0 Å². The number of hydrogen-bond acceptors (Lipinski definition) is 3. The van der Waals surface area contributed by atoms with Crippen molar-refractivity contribution >= 4 is 5.96 Å². The smallest absolute Gasteiger partial charge is 0.189 e. The van der Waals surface area contributed by atoms with Gasteiger partial charge in [0.05, 0.1) is 12.1 Å². The Balaban J connectivity index is 1.85. The molecule has 0 fully saturated rings. The fourth-order valence-corrected chi connectivity index (χ4v) is 2.74. The fourth-order valence-electron chi connectivity index (χ4n) is 2.74. The van der Waals surface area contributed by atoms with Crippen molar-refractivity contribution in [3.63, 3.8) is 0 Å². The second-order valence-electron chi connectivity index (χ2n) is 5.78. The van der Waals surface area contributed by atoms with E-state index >= 15 is 0 Å². The summed E-state index contributed by atoms with van der Waals surface area (Å²) in [5.74, 6) is 0.525. The minimum atomic E-state index is 0.123. The Morgan fingerprint density at radius 2 is 1.43 bits per heavy atom. The van der Waals surface area contributed by atoms with Gasteiger partial charge in [-0.1, -0.05) is 59.7 Å². The van der Waals surface area contributed by atoms with Gasteiger partial charge in [-0.25, -0.2) is 4.99 Å². The molecule has 1 heterocycles. The highest BCUT2D eigenvalue weighted by Gasteiger charge is 2.24. The van der Waals surface area contributed by atoms with Crippen LogP contribution in [0, 0.1) is 13.8 Å². The number of nitrogens with zero attached hydrogens (tertiary/aromatic N) is 1. The van der Waals surface area contributed by atoms with Gasteiger partial charge in [0.25, 0.3) is 0 Å². The van der Waals surface area contributed by atoms with E-state index in [4.69, 9.17) is 5.73 Å². The molecule has 2 aromatic carbocycles. The van der Waals surface area contributed by atoms with Crippen LogP contribution < -0.4 is 11.1 Å². The van der Waals surface area contributed by atoms with Gasteiger partial charge in [0, 0.05) is 0 Å². The normalized spacial score (nSPS) is 21.5. The second kappa shape index (κ2) is 5.60. The van der Waals surface area contributed by atoms with Crippen molar-refractivity contribution in [1.82, 2.24) is 5.32 Å². The largest absolute Gasteiger partial charge is 0.370 e. The van der Waals surface area contributed by atoms with E-state index in [1.54, 1.807) is 0 Å². The topological polar surface area (TPSA) is 50.4 Å². The second-order valence-corrected chi connectivity index (χ2v) is 5.78. The van der Waals surface area contributed by atoms with Gasteiger partial charge in [0.15, 0.2) is 5.96 Å². The average Bonchev–Trinajstić information content (AvgIpc) is 2.48. The number of aliphatic imine (C=N–C) groups is 1. The highest BCUT2D eigenvalue weighted by atomic mass is 15.1. The Kier molecular flexibility index (Phi) is 3.65. The van der Waals surface area contributed by atoms with E-state index in [-0.39, 0.29) is 12.1 Å². The van der Waals surface area contributed by atoms with E-state index in [1.807, 2.05) is 0 Å². The summed E-state index contributed by atoms with van der Waals surface area (Å²) < 4.78 is 0. The van der Waals surface area contributed by atoms with Crippen LogP contribution in [0.25, 0.3) is 0 Å². The summed E-state index contributed by atoms with van der Waals surface area (Å²) >= 11 is 0. The molecule has 0 amide bonds. The van der Waals surface area contributed by atoms with Gasteiger partial charge in [-0.3, -0.25) is 0 Å². The number of hydrogen-bond donors (Lipinski definition) is 2. The molecule has 0 aromatic heterocycles. The molecule has 3 nitrogen and oxygen atoms in total. The molecule has 108 valence electrons. The first-order valence-electron chi connectivity index (χ1n) is 7.35. The van der Waals surface area contributed by atoms with Crippen LogP contribution in [0.5, 0.6) is 0 Å². The lowest BCUT2D eigenvalue weighted by Gasteiger charge is -2.29. The summed E-state index contributed by atoms with van der Waals surface area (Å²) in [6, 6.07) is 17.5. The van der Waals surface area contributed by atoms with E-state index in [0.29, 0.717) is 5.96 Å². The summed E-state index contributed by atoms with van der Waals surface area (Å²) in [6.07, 6.45) is 0.923. The van der Waals surface area contributed by atoms with Crippen LogP contribution in [0.15, 0.2) is 53.5 Å². The van der Waals surface area contributed by atoms with Crippen LogP contribution in [0.1, 0.15) is 40.8 Å². The molecule has 0 radical (unpaired) electrons. The monoisotopic (exact) mass is 279 g/mol. The first kappa shape index (κ1) is 13.7. The number of nitrogens with one attached hydrogen (secondary N) is 1. The lowest BCUT2D eigenvalue weighted by Crippen LogP contribution is -2.39. The molecule has 21 heavy (non-hydrogen) atoms. The predicted molar refractivity (Wildman–Crippen MR) is 87.2 cm³/mol. The molecule has 1 aliphatic heterocycles. The van der Waals surface area contributed by atoms with E-state index < -0.39 is 0 Å². The van der Waals surface area contributed by atoms with Crippen molar-refractivity contribution < 1.29 is 0 Å². The highest BCUT2D eigenvalue weighted by molar-refractivity contribution is 5.79. The minimum absolute atomic E-state index is 0.123. The van der Waals surface area contributed by atoms with Crippen LogP contribution in [-0.4, -0.2) is 5.96 Å². The molecular formula is C18H21N3. The van der Waals surface area contributed by atoms with Crippen molar-refractivity contribution in [3.8, 4) is 0 Å². The molecule has 0 bridgehead atoms. The van der Waals surface area contributed by atoms with Gasteiger partial charge >= 0.3 is 0 Å². The molecule has 3 N–H and O–H groups in total. The summed E-state index contributed by atoms with van der Waals surface area (Å²) in [6.45, 7) is 4.20. The maximum Gasteiger partial charge on any atom is 0.189 e. The van der Waals surface area contributed by atoms with Crippen LogP contribution >= 0.6 is 0 Å². The van der Waals surface area contributed by atoms with Gasteiger partial charge < -0.3 is 11.1 Å². The van der Waals surface area contributed by atoms with Crippen LogP contribution in [-0.2, 0) is 0 Å². The molecule has 2 unspecified atom stereocenters. The van der Waals surface area contributed by atoms with Crippen molar-refractivity contribution in [2.45, 2.75) is 32.4 Å². The Morgan fingerprint density at radius 3 is 2.00 bits per heavy atom. The molecule has 0 saturated heterocycles. The quantitative estimate of drug-likeness (QED) is 0.885. The van der Waals surface area contributed by atoms with Crippen LogP contribution in [0.2, 0.25) is 0 Å². The Morgan fingerprint density at radius 1 is 0.905 bits per heavy atom. The molecule has 3 heteroatoms. The third kappa shape index (κ3) is 3.07. The number of benzene rings is 2. The van der Waals surface area contributed by atoms with Gasteiger partial charge in [-0.05, 0) is 31.4 Å². The zero-order valence-electron chi connectivity index (χ0n) is 12.5. The predicted octanol–water partition coefficient (Wildman–Crippen LogP) is 3.39.